The number of thioether (sulfide) groups is 1. The number of fused-ring (bicyclic) bond motifs is 3. The van der Waals surface area contributed by atoms with Crippen LogP contribution in [0.15, 0.2) is 28.1 Å². The SMILES string of the molecule is C/N=C1\SC2Cc3ccc(S(C)(=O)=O)cc3C2(O)N1C. The predicted molar refractivity (Wildman–Crippen MR) is 79.7 cm³/mol. The molecule has 2 unspecified atom stereocenters. The van der Waals surface area contributed by atoms with Gasteiger partial charge in [0.05, 0.1) is 10.1 Å². The Labute approximate surface area is 122 Å². The molecule has 7 heteroatoms. The maximum atomic E-state index is 11.7. The van der Waals surface area contributed by atoms with E-state index in [0.717, 1.165) is 10.7 Å². The maximum Gasteiger partial charge on any atom is 0.178 e. The Kier molecular flexibility index (Phi) is 2.94. The Hall–Kier alpha value is -1.05. The Balaban J connectivity index is 2.18. The standard InChI is InChI=1S/C13H16N2O3S2/c1-14-12-15(2)13(16)10-7-9(20(3,17)18)5-4-8(10)6-11(13)19-12/h4-5,7,11,16H,6H2,1-3H3/b14-12-. The lowest BCUT2D eigenvalue weighted by Gasteiger charge is -2.31. The van der Waals surface area contributed by atoms with E-state index >= 15 is 0 Å². The summed E-state index contributed by atoms with van der Waals surface area (Å²) in [5.41, 5.74) is 0.508. The molecule has 20 heavy (non-hydrogen) atoms. The summed E-state index contributed by atoms with van der Waals surface area (Å²) < 4.78 is 23.4. The molecule has 2 aliphatic rings. The van der Waals surface area contributed by atoms with Crippen LogP contribution in [0.5, 0.6) is 0 Å². The molecule has 1 N–H and O–H groups in total. The van der Waals surface area contributed by atoms with E-state index < -0.39 is 15.6 Å². The van der Waals surface area contributed by atoms with Gasteiger partial charge in [-0.25, -0.2) is 8.42 Å². The third-order valence-electron chi connectivity index (χ3n) is 4.00. The highest BCUT2D eigenvalue weighted by atomic mass is 32.2. The molecule has 1 heterocycles. The summed E-state index contributed by atoms with van der Waals surface area (Å²) in [5, 5.41) is 11.8. The zero-order valence-corrected chi connectivity index (χ0v) is 13.1. The minimum atomic E-state index is -3.28. The van der Waals surface area contributed by atoms with Crippen molar-refractivity contribution < 1.29 is 13.5 Å². The topological polar surface area (TPSA) is 70.0 Å². The summed E-state index contributed by atoms with van der Waals surface area (Å²) in [7, 11) is 0.198. The van der Waals surface area contributed by atoms with Crippen LogP contribution in [0.1, 0.15) is 11.1 Å². The molecule has 0 amide bonds. The second-order valence-electron chi connectivity index (χ2n) is 5.19. The van der Waals surface area contributed by atoms with Gasteiger partial charge in [0.1, 0.15) is 0 Å². The van der Waals surface area contributed by atoms with Gasteiger partial charge in [-0.3, -0.25) is 4.99 Å². The fourth-order valence-corrected chi connectivity index (χ4v) is 4.91. The van der Waals surface area contributed by atoms with Crippen molar-refractivity contribution in [3.05, 3.63) is 29.3 Å². The van der Waals surface area contributed by atoms with Gasteiger partial charge in [0.15, 0.2) is 20.7 Å². The van der Waals surface area contributed by atoms with Gasteiger partial charge in [-0.2, -0.15) is 0 Å². The number of hydrogen-bond donors (Lipinski definition) is 1. The molecule has 0 aromatic heterocycles. The highest BCUT2D eigenvalue weighted by molar-refractivity contribution is 8.14. The van der Waals surface area contributed by atoms with Gasteiger partial charge in [-0.15, -0.1) is 0 Å². The first-order chi connectivity index (χ1) is 9.28. The van der Waals surface area contributed by atoms with E-state index in [0.29, 0.717) is 12.0 Å². The van der Waals surface area contributed by atoms with Crippen LogP contribution in [0, 0.1) is 0 Å². The van der Waals surface area contributed by atoms with Gasteiger partial charge < -0.3 is 10.0 Å². The monoisotopic (exact) mass is 312 g/mol. The number of sulfone groups is 1. The molecule has 3 rings (SSSR count). The van der Waals surface area contributed by atoms with E-state index in [4.69, 9.17) is 0 Å². The third-order valence-corrected chi connectivity index (χ3v) is 6.55. The van der Waals surface area contributed by atoms with Crippen molar-refractivity contribution in [1.29, 1.82) is 0 Å². The zero-order valence-electron chi connectivity index (χ0n) is 11.5. The normalized spacial score (nSPS) is 30.7. The van der Waals surface area contributed by atoms with Crippen molar-refractivity contribution >= 4 is 26.8 Å². The minimum Gasteiger partial charge on any atom is -0.366 e. The number of rotatable bonds is 1. The van der Waals surface area contributed by atoms with Crippen LogP contribution in [0.4, 0.5) is 0 Å². The van der Waals surface area contributed by atoms with Gasteiger partial charge >= 0.3 is 0 Å². The van der Waals surface area contributed by atoms with Gasteiger partial charge in [0.2, 0.25) is 0 Å². The molecular formula is C13H16N2O3S2. The van der Waals surface area contributed by atoms with Crippen molar-refractivity contribution in [2.75, 3.05) is 20.4 Å². The second kappa shape index (κ2) is 4.22. The lowest BCUT2D eigenvalue weighted by molar-refractivity contribution is -0.0498. The van der Waals surface area contributed by atoms with Crippen LogP contribution in [-0.4, -0.2) is 49.2 Å². The third kappa shape index (κ3) is 1.73. The molecule has 1 aliphatic carbocycles. The number of benzene rings is 1. The van der Waals surface area contributed by atoms with Gasteiger partial charge in [-0.1, -0.05) is 17.8 Å². The molecule has 5 nitrogen and oxygen atoms in total. The number of nitrogens with zero attached hydrogens (tertiary/aromatic N) is 2. The van der Waals surface area contributed by atoms with E-state index in [1.807, 2.05) is 0 Å². The molecule has 1 aromatic rings. The highest BCUT2D eigenvalue weighted by Crippen LogP contribution is 2.51. The predicted octanol–water partition coefficient (Wildman–Crippen LogP) is 0.824. The average Bonchev–Trinajstić information content (AvgIpc) is 2.79. The number of amidine groups is 1. The van der Waals surface area contributed by atoms with Crippen molar-refractivity contribution in [1.82, 2.24) is 4.90 Å². The molecule has 0 spiro atoms. The Bertz CT molecular complexity index is 714. The first kappa shape index (κ1) is 13.9. The fourth-order valence-electron chi connectivity index (χ4n) is 2.90. The molecule has 1 aromatic carbocycles. The lowest BCUT2D eigenvalue weighted by atomic mass is 10.0. The zero-order chi connectivity index (χ0) is 14.7. The van der Waals surface area contributed by atoms with Gasteiger partial charge in [0.25, 0.3) is 0 Å². The number of hydrogen-bond acceptors (Lipinski definition) is 5. The Morgan fingerprint density at radius 3 is 2.80 bits per heavy atom. The summed E-state index contributed by atoms with van der Waals surface area (Å²) in [4.78, 5) is 6.15. The molecule has 1 aliphatic heterocycles. The second-order valence-corrected chi connectivity index (χ2v) is 8.38. The molecule has 0 bridgehead atoms. The summed E-state index contributed by atoms with van der Waals surface area (Å²) in [6.45, 7) is 0. The quantitative estimate of drug-likeness (QED) is 0.831. The lowest BCUT2D eigenvalue weighted by Crippen LogP contribution is -2.44. The first-order valence-corrected chi connectivity index (χ1v) is 8.98. The van der Waals surface area contributed by atoms with Crippen molar-refractivity contribution in [2.45, 2.75) is 22.3 Å². The Morgan fingerprint density at radius 2 is 2.20 bits per heavy atom. The van der Waals surface area contributed by atoms with E-state index in [-0.39, 0.29) is 10.1 Å². The summed E-state index contributed by atoms with van der Waals surface area (Å²) in [5.74, 6) is 0. The first-order valence-electron chi connectivity index (χ1n) is 6.21. The molecule has 0 saturated carbocycles. The number of aliphatic hydroxyl groups is 1. The van der Waals surface area contributed by atoms with Crippen LogP contribution in [0.2, 0.25) is 0 Å². The average molecular weight is 312 g/mol. The summed E-state index contributed by atoms with van der Waals surface area (Å²) in [6.07, 6.45) is 1.89. The Morgan fingerprint density at radius 1 is 1.50 bits per heavy atom. The van der Waals surface area contributed by atoms with Crippen LogP contribution < -0.4 is 0 Å². The smallest absolute Gasteiger partial charge is 0.178 e. The molecule has 0 radical (unpaired) electrons. The van der Waals surface area contributed by atoms with Crippen molar-refractivity contribution in [3.8, 4) is 0 Å². The molecular weight excluding hydrogens is 296 g/mol. The largest absolute Gasteiger partial charge is 0.366 e. The highest BCUT2D eigenvalue weighted by Gasteiger charge is 2.55. The molecule has 1 fully saturated rings. The molecule has 108 valence electrons. The van der Waals surface area contributed by atoms with E-state index in [9.17, 15) is 13.5 Å². The summed E-state index contributed by atoms with van der Waals surface area (Å²) >= 11 is 1.53. The van der Waals surface area contributed by atoms with Crippen LogP contribution in [-0.2, 0) is 22.0 Å². The minimum absolute atomic E-state index is 0.0454. The van der Waals surface area contributed by atoms with Crippen molar-refractivity contribution in [2.24, 2.45) is 4.99 Å². The van der Waals surface area contributed by atoms with Crippen LogP contribution >= 0.6 is 11.8 Å². The molecule has 1 saturated heterocycles. The van der Waals surface area contributed by atoms with Gasteiger partial charge in [-0.05, 0) is 24.1 Å². The van der Waals surface area contributed by atoms with Crippen molar-refractivity contribution in [3.63, 3.8) is 0 Å². The maximum absolute atomic E-state index is 11.7. The van der Waals surface area contributed by atoms with Crippen LogP contribution in [0.25, 0.3) is 0 Å². The van der Waals surface area contributed by atoms with Crippen LogP contribution in [0.3, 0.4) is 0 Å². The summed E-state index contributed by atoms with van der Waals surface area (Å²) in [6, 6.07) is 5.01. The van der Waals surface area contributed by atoms with E-state index in [1.165, 1.54) is 18.0 Å². The van der Waals surface area contributed by atoms with E-state index in [2.05, 4.69) is 4.99 Å². The van der Waals surface area contributed by atoms with Gasteiger partial charge in [0, 0.05) is 25.9 Å². The molecule has 2 atom stereocenters. The van der Waals surface area contributed by atoms with E-state index in [1.54, 1.807) is 37.2 Å². The fraction of sp³-hybridized carbons (Fsp3) is 0.462. The number of aliphatic imine (C=N–C) groups is 1.